The molecule has 0 aliphatic heterocycles. The number of nitrogens with one attached hydrogen (secondary N) is 1. The molecule has 102 valence electrons. The molecule has 0 saturated carbocycles. The molecule has 0 aliphatic rings. The van der Waals surface area contributed by atoms with Gasteiger partial charge in [0.25, 0.3) is 5.89 Å². The van der Waals surface area contributed by atoms with E-state index in [0.717, 1.165) is 24.4 Å². The third kappa shape index (κ3) is 3.86. The molecular weight excluding hydrogens is 240 g/mol. The van der Waals surface area contributed by atoms with Gasteiger partial charge in [-0.25, -0.2) is 0 Å². The van der Waals surface area contributed by atoms with Crippen LogP contribution in [-0.2, 0) is 6.42 Å². The van der Waals surface area contributed by atoms with Crippen molar-refractivity contribution >= 4 is 0 Å². The first-order valence-electron chi connectivity index (χ1n) is 6.63. The van der Waals surface area contributed by atoms with E-state index < -0.39 is 0 Å². The third-order valence-electron chi connectivity index (χ3n) is 3.21. The molecule has 1 unspecified atom stereocenters. The summed E-state index contributed by atoms with van der Waals surface area (Å²) in [5.41, 5.74) is 0.900. The van der Waals surface area contributed by atoms with Gasteiger partial charge in [-0.3, -0.25) is 4.98 Å². The molecule has 2 aromatic heterocycles. The van der Waals surface area contributed by atoms with Crippen LogP contribution in [0.5, 0.6) is 0 Å². The lowest BCUT2D eigenvalue weighted by molar-refractivity contribution is 0.410. The molecule has 0 bridgehead atoms. The van der Waals surface area contributed by atoms with Gasteiger partial charge in [0.2, 0.25) is 0 Å². The fourth-order valence-corrected chi connectivity index (χ4v) is 1.61. The lowest BCUT2D eigenvalue weighted by Crippen LogP contribution is -2.32. The van der Waals surface area contributed by atoms with Crippen molar-refractivity contribution in [3.8, 4) is 11.5 Å². The van der Waals surface area contributed by atoms with Gasteiger partial charge in [0.15, 0.2) is 5.82 Å². The predicted octanol–water partition coefficient (Wildman–Crippen LogP) is 2.31. The van der Waals surface area contributed by atoms with Gasteiger partial charge in [0.05, 0.1) is 0 Å². The highest BCUT2D eigenvalue weighted by Gasteiger charge is 2.09. The Hall–Kier alpha value is -1.75. The lowest BCUT2D eigenvalue weighted by atomic mass is 10.1. The summed E-state index contributed by atoms with van der Waals surface area (Å²) >= 11 is 0. The van der Waals surface area contributed by atoms with E-state index in [0.29, 0.717) is 17.9 Å². The monoisotopic (exact) mass is 260 g/mol. The van der Waals surface area contributed by atoms with Gasteiger partial charge in [-0.05, 0) is 25.0 Å². The average Bonchev–Trinajstić information content (AvgIpc) is 2.88. The molecule has 0 fully saturated rings. The third-order valence-corrected chi connectivity index (χ3v) is 3.21. The Morgan fingerprint density at radius 2 is 1.95 bits per heavy atom. The molecule has 2 heterocycles. The second-order valence-corrected chi connectivity index (χ2v) is 4.99. The maximum absolute atomic E-state index is 5.24. The number of pyridine rings is 1. The van der Waals surface area contributed by atoms with Gasteiger partial charge in [-0.15, -0.1) is 0 Å². The van der Waals surface area contributed by atoms with E-state index in [2.05, 4.69) is 41.2 Å². The molecule has 2 rings (SSSR count). The van der Waals surface area contributed by atoms with Crippen LogP contribution in [0, 0.1) is 5.92 Å². The molecule has 0 aliphatic carbocycles. The topological polar surface area (TPSA) is 63.8 Å². The molecule has 5 heteroatoms. The van der Waals surface area contributed by atoms with E-state index in [9.17, 15) is 0 Å². The molecular formula is C14H20N4O. The summed E-state index contributed by atoms with van der Waals surface area (Å²) in [6, 6.07) is 4.21. The molecule has 0 aromatic carbocycles. The zero-order valence-corrected chi connectivity index (χ0v) is 11.6. The Kier molecular flexibility index (Phi) is 4.63. The number of aromatic nitrogens is 3. The fraction of sp³-hybridized carbons (Fsp3) is 0.500. The minimum absolute atomic E-state index is 0.492. The minimum Gasteiger partial charge on any atom is -0.334 e. The number of hydrogen-bond acceptors (Lipinski definition) is 5. The Balaban J connectivity index is 1.88. The standard InChI is InChI=1S/C14H20N4O/c1-10(2)11(3)16-9-6-13-17-14(19-18-13)12-4-7-15-8-5-12/h4-5,7-8,10-11,16H,6,9H2,1-3H3. The van der Waals surface area contributed by atoms with E-state index >= 15 is 0 Å². The fourth-order valence-electron chi connectivity index (χ4n) is 1.61. The largest absolute Gasteiger partial charge is 0.334 e. The van der Waals surface area contributed by atoms with Crippen LogP contribution in [0.1, 0.15) is 26.6 Å². The SMILES string of the molecule is CC(C)C(C)NCCc1noc(-c2ccncc2)n1. The van der Waals surface area contributed by atoms with E-state index in [-0.39, 0.29) is 0 Å². The number of rotatable bonds is 6. The predicted molar refractivity (Wildman–Crippen MR) is 73.5 cm³/mol. The molecule has 2 aromatic rings. The van der Waals surface area contributed by atoms with E-state index in [1.807, 2.05) is 12.1 Å². The van der Waals surface area contributed by atoms with Gasteiger partial charge in [-0.2, -0.15) is 4.98 Å². The van der Waals surface area contributed by atoms with Crippen molar-refractivity contribution in [1.82, 2.24) is 20.4 Å². The first kappa shape index (κ1) is 13.7. The minimum atomic E-state index is 0.492. The summed E-state index contributed by atoms with van der Waals surface area (Å²) in [6.07, 6.45) is 4.20. The number of nitrogens with zero attached hydrogens (tertiary/aromatic N) is 3. The van der Waals surface area contributed by atoms with Gasteiger partial charge in [0, 0.05) is 37.0 Å². The molecule has 0 saturated heterocycles. The van der Waals surface area contributed by atoms with Crippen LogP contribution >= 0.6 is 0 Å². The van der Waals surface area contributed by atoms with Crippen LogP contribution in [0.4, 0.5) is 0 Å². The normalized spacial score (nSPS) is 12.8. The van der Waals surface area contributed by atoms with Crippen LogP contribution < -0.4 is 5.32 Å². The van der Waals surface area contributed by atoms with E-state index in [1.54, 1.807) is 12.4 Å². The molecule has 1 atom stereocenters. The highest BCUT2D eigenvalue weighted by atomic mass is 16.5. The van der Waals surface area contributed by atoms with Crippen LogP contribution in [0.25, 0.3) is 11.5 Å². The van der Waals surface area contributed by atoms with Gasteiger partial charge < -0.3 is 9.84 Å². The van der Waals surface area contributed by atoms with Crippen molar-refractivity contribution < 1.29 is 4.52 Å². The van der Waals surface area contributed by atoms with Gasteiger partial charge >= 0.3 is 0 Å². The van der Waals surface area contributed by atoms with Crippen LogP contribution in [0.3, 0.4) is 0 Å². The Labute approximate surface area is 113 Å². The zero-order valence-electron chi connectivity index (χ0n) is 11.6. The summed E-state index contributed by atoms with van der Waals surface area (Å²) in [7, 11) is 0. The first-order chi connectivity index (χ1) is 9.16. The van der Waals surface area contributed by atoms with Crippen LogP contribution in [-0.4, -0.2) is 27.7 Å². The average molecular weight is 260 g/mol. The summed E-state index contributed by atoms with van der Waals surface area (Å²) in [5.74, 6) is 1.90. The Morgan fingerprint density at radius 1 is 1.21 bits per heavy atom. The smallest absolute Gasteiger partial charge is 0.258 e. The second-order valence-electron chi connectivity index (χ2n) is 4.99. The summed E-state index contributed by atoms with van der Waals surface area (Å²) in [6.45, 7) is 7.44. The van der Waals surface area contributed by atoms with Crippen molar-refractivity contribution in [2.24, 2.45) is 5.92 Å². The quantitative estimate of drug-likeness (QED) is 0.863. The molecule has 19 heavy (non-hydrogen) atoms. The zero-order chi connectivity index (χ0) is 13.7. The highest BCUT2D eigenvalue weighted by molar-refractivity contribution is 5.50. The number of hydrogen-bond donors (Lipinski definition) is 1. The van der Waals surface area contributed by atoms with Crippen molar-refractivity contribution in [2.75, 3.05) is 6.54 Å². The van der Waals surface area contributed by atoms with Crippen molar-refractivity contribution in [3.63, 3.8) is 0 Å². The Morgan fingerprint density at radius 3 is 2.63 bits per heavy atom. The van der Waals surface area contributed by atoms with Crippen molar-refractivity contribution in [3.05, 3.63) is 30.4 Å². The highest BCUT2D eigenvalue weighted by Crippen LogP contribution is 2.15. The van der Waals surface area contributed by atoms with Crippen LogP contribution in [0.2, 0.25) is 0 Å². The maximum Gasteiger partial charge on any atom is 0.258 e. The first-order valence-corrected chi connectivity index (χ1v) is 6.63. The Bertz CT molecular complexity index is 495. The van der Waals surface area contributed by atoms with Gasteiger partial charge in [0.1, 0.15) is 0 Å². The van der Waals surface area contributed by atoms with E-state index in [1.165, 1.54) is 0 Å². The molecule has 5 nitrogen and oxygen atoms in total. The van der Waals surface area contributed by atoms with Crippen molar-refractivity contribution in [2.45, 2.75) is 33.2 Å². The van der Waals surface area contributed by atoms with Gasteiger partial charge in [-0.1, -0.05) is 19.0 Å². The summed E-state index contributed by atoms with van der Waals surface area (Å²) in [5, 5.41) is 7.44. The van der Waals surface area contributed by atoms with E-state index in [4.69, 9.17) is 4.52 Å². The molecule has 0 spiro atoms. The summed E-state index contributed by atoms with van der Waals surface area (Å²) < 4.78 is 5.24. The molecule has 0 radical (unpaired) electrons. The van der Waals surface area contributed by atoms with Crippen LogP contribution in [0.15, 0.2) is 29.0 Å². The second kappa shape index (κ2) is 6.43. The summed E-state index contributed by atoms with van der Waals surface area (Å²) in [4.78, 5) is 8.34. The maximum atomic E-state index is 5.24. The lowest BCUT2D eigenvalue weighted by Gasteiger charge is -2.16. The molecule has 1 N–H and O–H groups in total. The molecule has 0 amide bonds. The van der Waals surface area contributed by atoms with Crippen molar-refractivity contribution in [1.29, 1.82) is 0 Å².